The van der Waals surface area contributed by atoms with Gasteiger partial charge in [-0.05, 0) is 6.92 Å². The largest absolute Gasteiger partial charge is 0.300 e. The molecule has 0 spiro atoms. The van der Waals surface area contributed by atoms with E-state index in [1.165, 1.54) is 0 Å². The van der Waals surface area contributed by atoms with E-state index in [1.807, 2.05) is 20.2 Å². The topological polar surface area (TPSA) is 12.4 Å². The Balaban J connectivity index is 2.70. The highest BCUT2D eigenvalue weighted by Gasteiger charge is 2.12. The van der Waals surface area contributed by atoms with Crippen molar-refractivity contribution in [1.82, 2.24) is 0 Å². The van der Waals surface area contributed by atoms with Crippen LogP contribution < -0.4 is 0 Å². The third-order valence-corrected chi connectivity index (χ3v) is 1.96. The lowest BCUT2D eigenvalue weighted by atomic mass is 9.89. The van der Waals surface area contributed by atoms with Gasteiger partial charge in [0.1, 0.15) is 0 Å². The van der Waals surface area contributed by atoms with Crippen LogP contribution in [0.25, 0.3) is 0 Å². The number of allylic oxidation sites excluding steroid dienone is 6. The summed E-state index contributed by atoms with van der Waals surface area (Å²) in [6, 6.07) is 0. The summed E-state index contributed by atoms with van der Waals surface area (Å²) in [5, 5.41) is 0. The maximum atomic E-state index is 4.05. The summed E-state index contributed by atoms with van der Waals surface area (Å²) >= 11 is 0. The van der Waals surface area contributed by atoms with Crippen molar-refractivity contribution in [2.75, 3.05) is 7.05 Å². The third kappa shape index (κ3) is 2.19. The molecule has 0 aliphatic heterocycles. The van der Waals surface area contributed by atoms with Gasteiger partial charge in [0.25, 0.3) is 0 Å². The van der Waals surface area contributed by atoms with E-state index in [-0.39, 0.29) is 0 Å². The Morgan fingerprint density at radius 3 is 2.42 bits per heavy atom. The van der Waals surface area contributed by atoms with Crippen molar-refractivity contribution < 1.29 is 0 Å². The highest BCUT2D eigenvalue weighted by Crippen LogP contribution is 2.19. The van der Waals surface area contributed by atoms with Crippen LogP contribution in [0.1, 0.15) is 6.92 Å². The molecule has 0 saturated carbocycles. The maximum Gasteiger partial charge on any atom is 0.0273 e. The van der Waals surface area contributed by atoms with E-state index in [9.17, 15) is 0 Å². The van der Waals surface area contributed by atoms with E-state index in [2.05, 4.69) is 41.4 Å². The molecule has 0 aromatic carbocycles. The van der Waals surface area contributed by atoms with Gasteiger partial charge in [-0.2, -0.15) is 0 Å². The number of rotatable bonds is 2. The fraction of sp³-hybridized carbons (Fsp3) is 0.364. The first-order valence-corrected chi connectivity index (χ1v) is 4.28. The Labute approximate surface area is 74.2 Å². The Hall–Kier alpha value is -1.11. The number of hydrogen-bond donors (Lipinski definition) is 0. The van der Waals surface area contributed by atoms with Gasteiger partial charge < -0.3 is 4.99 Å². The molecule has 0 fully saturated rings. The van der Waals surface area contributed by atoms with Crippen molar-refractivity contribution in [1.29, 1.82) is 0 Å². The summed E-state index contributed by atoms with van der Waals surface area (Å²) in [7, 11) is 1.82. The molecule has 2 unspecified atom stereocenters. The van der Waals surface area contributed by atoms with Crippen LogP contribution in [0.5, 0.6) is 0 Å². The van der Waals surface area contributed by atoms with E-state index in [4.69, 9.17) is 0 Å². The van der Waals surface area contributed by atoms with Gasteiger partial charge in [-0.1, -0.05) is 36.5 Å². The average Bonchev–Trinajstić information content (AvgIpc) is 2.09. The summed E-state index contributed by atoms with van der Waals surface area (Å²) in [5.41, 5.74) is 0. The molecule has 0 N–H and O–H groups in total. The van der Waals surface area contributed by atoms with E-state index < -0.39 is 0 Å². The zero-order valence-corrected chi connectivity index (χ0v) is 7.64. The van der Waals surface area contributed by atoms with Gasteiger partial charge in [-0.3, -0.25) is 0 Å². The van der Waals surface area contributed by atoms with Crippen LogP contribution in [0.15, 0.2) is 41.4 Å². The van der Waals surface area contributed by atoms with Crippen LogP contribution >= 0.6 is 0 Å². The second-order valence-corrected chi connectivity index (χ2v) is 2.86. The van der Waals surface area contributed by atoms with Gasteiger partial charge >= 0.3 is 0 Å². The first-order valence-electron chi connectivity index (χ1n) is 4.28. The molecule has 64 valence electrons. The van der Waals surface area contributed by atoms with E-state index in [0.717, 1.165) is 0 Å². The van der Waals surface area contributed by atoms with Crippen molar-refractivity contribution >= 4 is 6.21 Å². The van der Waals surface area contributed by atoms with Gasteiger partial charge in [0.15, 0.2) is 0 Å². The summed E-state index contributed by atoms with van der Waals surface area (Å²) in [6.45, 7) is 2.05. The number of nitrogens with zero attached hydrogens (tertiary/aromatic N) is 1. The third-order valence-electron chi connectivity index (χ3n) is 1.96. The van der Waals surface area contributed by atoms with Gasteiger partial charge in [0.05, 0.1) is 0 Å². The first-order chi connectivity index (χ1) is 5.88. The molecule has 1 aliphatic carbocycles. The highest BCUT2D eigenvalue weighted by molar-refractivity contribution is 5.65. The van der Waals surface area contributed by atoms with Crippen LogP contribution in [-0.4, -0.2) is 13.3 Å². The smallest absolute Gasteiger partial charge is 0.0273 e. The van der Waals surface area contributed by atoms with Gasteiger partial charge in [-0.25, -0.2) is 0 Å². The van der Waals surface area contributed by atoms with E-state index >= 15 is 0 Å². The van der Waals surface area contributed by atoms with E-state index in [1.54, 1.807) is 0 Å². The summed E-state index contributed by atoms with van der Waals surface area (Å²) < 4.78 is 0. The average molecular weight is 161 g/mol. The molecule has 1 rings (SSSR count). The quantitative estimate of drug-likeness (QED) is 0.436. The lowest BCUT2D eigenvalue weighted by molar-refractivity contribution is 0.713. The van der Waals surface area contributed by atoms with Crippen LogP contribution in [0.3, 0.4) is 0 Å². The molecule has 1 heteroatoms. The van der Waals surface area contributed by atoms with Crippen LogP contribution in [0.4, 0.5) is 0 Å². The maximum absolute atomic E-state index is 4.05. The number of hydrogen-bond acceptors (Lipinski definition) is 1. The summed E-state index contributed by atoms with van der Waals surface area (Å²) in [6.07, 6.45) is 14.8. The Morgan fingerprint density at radius 2 is 1.83 bits per heavy atom. The molecule has 0 amide bonds. The lowest BCUT2D eigenvalue weighted by Gasteiger charge is -2.16. The second-order valence-electron chi connectivity index (χ2n) is 2.86. The van der Waals surface area contributed by atoms with Crippen molar-refractivity contribution in [3.8, 4) is 0 Å². The molecule has 12 heavy (non-hydrogen) atoms. The standard InChI is InChI=1S/C11H15N/c1-3-6-10-7-4-5-8-11(10)9-12-2/h3-11H,1-2H3/b6-3-,12-9?. The minimum absolute atomic E-state index is 0.441. The summed E-state index contributed by atoms with van der Waals surface area (Å²) in [5.74, 6) is 0.930. The highest BCUT2D eigenvalue weighted by atomic mass is 14.6. The van der Waals surface area contributed by atoms with Crippen LogP contribution in [0, 0.1) is 11.8 Å². The summed E-state index contributed by atoms with van der Waals surface area (Å²) in [4.78, 5) is 4.05. The normalized spacial score (nSPS) is 29.2. The van der Waals surface area contributed by atoms with Crippen LogP contribution in [0.2, 0.25) is 0 Å². The van der Waals surface area contributed by atoms with Gasteiger partial charge in [0.2, 0.25) is 0 Å². The Kier molecular flexibility index (Phi) is 3.52. The zero-order chi connectivity index (χ0) is 8.81. The molecular weight excluding hydrogens is 146 g/mol. The zero-order valence-electron chi connectivity index (χ0n) is 7.64. The Bertz CT molecular complexity index is 207. The fourth-order valence-corrected chi connectivity index (χ4v) is 1.38. The molecule has 2 atom stereocenters. The molecule has 0 heterocycles. The molecule has 1 aliphatic rings. The molecule has 1 nitrogen and oxygen atoms in total. The monoisotopic (exact) mass is 161 g/mol. The molecule has 0 aromatic heterocycles. The van der Waals surface area contributed by atoms with Gasteiger partial charge in [0, 0.05) is 25.1 Å². The SMILES string of the molecule is C/C=C\C1C=CC=CC1C=NC. The lowest BCUT2D eigenvalue weighted by Crippen LogP contribution is -2.11. The minimum Gasteiger partial charge on any atom is -0.300 e. The minimum atomic E-state index is 0.441. The van der Waals surface area contributed by atoms with Crippen molar-refractivity contribution in [2.45, 2.75) is 6.92 Å². The van der Waals surface area contributed by atoms with Crippen molar-refractivity contribution in [3.63, 3.8) is 0 Å². The number of aliphatic imine (C=N–C) groups is 1. The van der Waals surface area contributed by atoms with Gasteiger partial charge in [-0.15, -0.1) is 0 Å². The van der Waals surface area contributed by atoms with Crippen molar-refractivity contribution in [2.24, 2.45) is 16.8 Å². The fourth-order valence-electron chi connectivity index (χ4n) is 1.38. The van der Waals surface area contributed by atoms with Crippen molar-refractivity contribution in [3.05, 3.63) is 36.5 Å². The van der Waals surface area contributed by atoms with E-state index in [0.29, 0.717) is 11.8 Å². The predicted molar refractivity (Wildman–Crippen MR) is 54.5 cm³/mol. The first kappa shape index (κ1) is 8.98. The molecule has 0 aromatic rings. The van der Waals surface area contributed by atoms with Crippen LogP contribution in [-0.2, 0) is 0 Å². The molecule has 0 saturated heterocycles. The molecular formula is C11H15N. The second kappa shape index (κ2) is 4.70. The predicted octanol–water partition coefficient (Wildman–Crippen LogP) is 2.62. The Morgan fingerprint density at radius 1 is 1.17 bits per heavy atom. The molecule has 0 bridgehead atoms. The molecule has 0 radical (unpaired) electrons.